The number of ether oxygens (including phenoxy) is 4. The van der Waals surface area contributed by atoms with Crippen LogP contribution in [0.1, 0.15) is 85.5 Å². The Labute approximate surface area is 220 Å². The predicted octanol–water partition coefficient (Wildman–Crippen LogP) is 4.66. The first-order chi connectivity index (χ1) is 17.3. The number of ketones is 1. The first kappa shape index (κ1) is 34.0. The number of carbonyl (C=O) groups is 5. The van der Waals surface area contributed by atoms with Gasteiger partial charge in [-0.15, -0.1) is 0 Å². The Morgan fingerprint density at radius 1 is 0.622 bits per heavy atom. The van der Waals surface area contributed by atoms with Crippen LogP contribution in [0.5, 0.6) is 0 Å². The number of unbranched alkanes of at least 4 members (excludes halogenated alkanes) is 4. The molecule has 0 bridgehead atoms. The number of hydrogen-bond donors (Lipinski definition) is 0. The summed E-state index contributed by atoms with van der Waals surface area (Å²) in [6.07, 6.45) is 6.79. The van der Waals surface area contributed by atoms with E-state index in [1.165, 1.54) is 0 Å². The molecule has 0 aliphatic heterocycles. The summed E-state index contributed by atoms with van der Waals surface area (Å²) in [7, 11) is 0. The van der Waals surface area contributed by atoms with Crippen molar-refractivity contribution in [2.75, 3.05) is 26.4 Å². The van der Waals surface area contributed by atoms with Gasteiger partial charge in [-0.3, -0.25) is 14.4 Å². The minimum Gasteiger partial charge on any atom is -0.465 e. The van der Waals surface area contributed by atoms with Gasteiger partial charge >= 0.3 is 23.9 Å². The molecule has 9 nitrogen and oxygen atoms in total. The summed E-state index contributed by atoms with van der Waals surface area (Å²) < 4.78 is 20.4. The highest BCUT2D eigenvalue weighted by atomic mass is 16.5. The fraction of sp³-hybridized carbons (Fsp3) is 0.679. The highest BCUT2D eigenvalue weighted by Crippen LogP contribution is 2.29. The molecule has 0 aromatic heterocycles. The zero-order valence-electron chi connectivity index (χ0n) is 22.9. The average Bonchev–Trinajstić information content (AvgIpc) is 2.85. The van der Waals surface area contributed by atoms with Crippen molar-refractivity contribution >= 4 is 29.7 Å². The third-order valence-electron chi connectivity index (χ3n) is 5.48. The van der Waals surface area contributed by atoms with Gasteiger partial charge in [-0.25, -0.2) is 9.59 Å². The van der Waals surface area contributed by atoms with E-state index in [0.717, 1.165) is 18.6 Å². The van der Waals surface area contributed by atoms with Gasteiger partial charge in [-0.2, -0.15) is 0 Å². The third-order valence-corrected chi connectivity index (χ3v) is 5.48. The molecule has 37 heavy (non-hydrogen) atoms. The van der Waals surface area contributed by atoms with E-state index in [1.807, 2.05) is 13.8 Å². The van der Waals surface area contributed by atoms with Crippen molar-refractivity contribution in [3.8, 4) is 0 Å². The lowest BCUT2D eigenvalue weighted by Gasteiger charge is -2.29. The molecule has 0 spiro atoms. The van der Waals surface area contributed by atoms with Gasteiger partial charge < -0.3 is 18.9 Å². The van der Waals surface area contributed by atoms with Gasteiger partial charge in [0.2, 0.25) is 0 Å². The van der Waals surface area contributed by atoms with Crippen molar-refractivity contribution < 1.29 is 42.9 Å². The Kier molecular flexibility index (Phi) is 16.8. The zero-order chi connectivity index (χ0) is 28.3. The molecule has 0 amide bonds. The molecular formula is C28H44O9. The van der Waals surface area contributed by atoms with E-state index in [-0.39, 0.29) is 63.4 Å². The molecule has 0 saturated carbocycles. The van der Waals surface area contributed by atoms with Gasteiger partial charge in [0.15, 0.2) is 0 Å². The van der Waals surface area contributed by atoms with Crippen LogP contribution in [0.15, 0.2) is 25.3 Å². The van der Waals surface area contributed by atoms with Crippen LogP contribution in [-0.2, 0) is 42.9 Å². The Hall–Kier alpha value is -2.97. The SMILES string of the molecule is C=CC(=O)OCCCCCC(=O)OCC(C)(C)CC(=O)C(C)(C)COC(=O)CCCCCOC(=O)C=C. The van der Waals surface area contributed by atoms with Crippen LogP contribution in [0.4, 0.5) is 0 Å². The van der Waals surface area contributed by atoms with E-state index < -0.39 is 22.8 Å². The van der Waals surface area contributed by atoms with Crippen LogP contribution in [0, 0.1) is 10.8 Å². The molecule has 0 N–H and O–H groups in total. The van der Waals surface area contributed by atoms with Crippen LogP contribution in [-0.4, -0.2) is 56.1 Å². The standard InChI is InChI=1S/C28H44O9/c1-7-23(30)34-17-13-9-11-15-25(32)36-20-27(3,4)19-22(29)28(5,6)21-37-26(33)16-12-10-14-18-35-24(31)8-2/h7-8H,1-2,9-21H2,3-6H3. The molecule has 0 aliphatic rings. The maximum Gasteiger partial charge on any atom is 0.330 e. The van der Waals surface area contributed by atoms with Gasteiger partial charge in [-0.05, 0) is 52.4 Å². The number of carbonyl (C=O) groups excluding carboxylic acids is 5. The molecule has 0 radical (unpaired) electrons. The molecule has 0 aliphatic carbocycles. The largest absolute Gasteiger partial charge is 0.465 e. The van der Waals surface area contributed by atoms with Crippen LogP contribution in [0.2, 0.25) is 0 Å². The second-order valence-electron chi connectivity index (χ2n) is 10.3. The third kappa shape index (κ3) is 18.0. The predicted molar refractivity (Wildman–Crippen MR) is 138 cm³/mol. The minimum absolute atomic E-state index is 0.0282. The maximum atomic E-state index is 12.9. The Morgan fingerprint density at radius 3 is 1.49 bits per heavy atom. The Balaban J connectivity index is 4.18. The van der Waals surface area contributed by atoms with E-state index >= 15 is 0 Å². The summed E-state index contributed by atoms with van der Waals surface area (Å²) in [5, 5.41) is 0. The lowest BCUT2D eigenvalue weighted by atomic mass is 9.78. The van der Waals surface area contributed by atoms with Crippen LogP contribution >= 0.6 is 0 Å². The fourth-order valence-corrected chi connectivity index (χ4v) is 3.05. The van der Waals surface area contributed by atoms with Crippen molar-refractivity contribution in [2.24, 2.45) is 10.8 Å². The Bertz CT molecular complexity index is 781. The van der Waals surface area contributed by atoms with Crippen LogP contribution in [0.25, 0.3) is 0 Å². The fourth-order valence-electron chi connectivity index (χ4n) is 3.05. The molecule has 0 heterocycles. The summed E-state index contributed by atoms with van der Waals surface area (Å²) >= 11 is 0. The maximum absolute atomic E-state index is 12.9. The van der Waals surface area contributed by atoms with E-state index in [2.05, 4.69) is 13.2 Å². The summed E-state index contributed by atoms with van der Waals surface area (Å²) in [4.78, 5) is 58.8. The van der Waals surface area contributed by atoms with Gasteiger partial charge in [-0.1, -0.05) is 27.0 Å². The molecular weight excluding hydrogens is 480 g/mol. The first-order valence-electron chi connectivity index (χ1n) is 12.8. The highest BCUT2D eigenvalue weighted by Gasteiger charge is 2.34. The summed E-state index contributed by atoms with van der Waals surface area (Å²) in [6.45, 7) is 14.4. The van der Waals surface area contributed by atoms with Crippen LogP contribution < -0.4 is 0 Å². The number of rotatable bonds is 21. The Morgan fingerprint density at radius 2 is 1.05 bits per heavy atom. The van der Waals surface area contributed by atoms with Crippen molar-refractivity contribution in [1.82, 2.24) is 0 Å². The van der Waals surface area contributed by atoms with E-state index in [4.69, 9.17) is 18.9 Å². The lowest BCUT2D eigenvalue weighted by molar-refractivity contribution is -0.152. The van der Waals surface area contributed by atoms with Gasteiger partial charge in [0, 0.05) is 36.8 Å². The summed E-state index contributed by atoms with van der Waals surface area (Å²) in [5.74, 6) is -1.73. The van der Waals surface area contributed by atoms with Crippen molar-refractivity contribution in [3.05, 3.63) is 25.3 Å². The average molecular weight is 525 g/mol. The normalized spacial score (nSPS) is 11.2. The molecule has 0 atom stereocenters. The van der Waals surface area contributed by atoms with E-state index in [1.54, 1.807) is 13.8 Å². The van der Waals surface area contributed by atoms with Gasteiger partial charge in [0.05, 0.1) is 25.2 Å². The van der Waals surface area contributed by atoms with Gasteiger partial charge in [0.1, 0.15) is 12.4 Å². The lowest BCUT2D eigenvalue weighted by Crippen LogP contribution is -2.35. The van der Waals surface area contributed by atoms with Gasteiger partial charge in [0.25, 0.3) is 0 Å². The second kappa shape index (κ2) is 18.3. The molecule has 0 aromatic carbocycles. The molecule has 210 valence electrons. The van der Waals surface area contributed by atoms with Crippen LogP contribution in [0.3, 0.4) is 0 Å². The van der Waals surface area contributed by atoms with Crippen molar-refractivity contribution in [2.45, 2.75) is 85.5 Å². The van der Waals surface area contributed by atoms with Crippen molar-refractivity contribution in [1.29, 1.82) is 0 Å². The molecule has 0 fully saturated rings. The summed E-state index contributed by atoms with van der Waals surface area (Å²) in [5.41, 5.74) is -1.44. The zero-order valence-corrected chi connectivity index (χ0v) is 22.9. The molecule has 0 unspecified atom stereocenters. The first-order valence-corrected chi connectivity index (χ1v) is 12.8. The quantitative estimate of drug-likeness (QED) is 0.0912. The smallest absolute Gasteiger partial charge is 0.330 e. The monoisotopic (exact) mass is 524 g/mol. The molecule has 0 rings (SSSR count). The topological polar surface area (TPSA) is 122 Å². The summed E-state index contributed by atoms with van der Waals surface area (Å²) in [6, 6.07) is 0. The second-order valence-corrected chi connectivity index (χ2v) is 10.3. The van der Waals surface area contributed by atoms with E-state index in [0.29, 0.717) is 32.1 Å². The number of esters is 4. The minimum atomic E-state index is -0.870. The molecule has 0 saturated heterocycles. The molecule has 0 aromatic rings. The van der Waals surface area contributed by atoms with E-state index in [9.17, 15) is 24.0 Å². The number of hydrogen-bond acceptors (Lipinski definition) is 9. The highest BCUT2D eigenvalue weighted by molar-refractivity contribution is 5.85. The molecule has 9 heteroatoms. The number of Topliss-reactive ketones (excluding diaryl/α,β-unsaturated/α-hetero) is 1. The van der Waals surface area contributed by atoms with Crippen molar-refractivity contribution in [3.63, 3.8) is 0 Å².